The molecule has 40 heavy (non-hydrogen) atoms. The number of ether oxygens (including phenoxy) is 1. The number of hydrogen-bond acceptors (Lipinski definition) is 6. The maximum absolute atomic E-state index is 13.6. The molecule has 2 amide bonds. The number of halogens is 1. The smallest absolute Gasteiger partial charge is 0.295 e. The Balaban J connectivity index is 1.46. The lowest BCUT2D eigenvalue weighted by Gasteiger charge is -2.31. The third kappa shape index (κ3) is 6.92. The zero-order chi connectivity index (χ0) is 28.9. The molecule has 3 heterocycles. The summed E-state index contributed by atoms with van der Waals surface area (Å²) >= 11 is 6.04. The molecule has 214 valence electrons. The van der Waals surface area contributed by atoms with E-state index >= 15 is 0 Å². The molecule has 2 N–H and O–H groups in total. The first-order chi connectivity index (χ1) is 19.1. The third-order valence-corrected chi connectivity index (χ3v) is 7.16. The molecule has 1 aromatic carbocycles. The van der Waals surface area contributed by atoms with Crippen LogP contribution in [0.4, 0.5) is 5.69 Å². The number of carbonyl (C=O) groups excluding carboxylic acids is 2. The van der Waals surface area contributed by atoms with E-state index in [1.165, 1.54) is 18.7 Å². The van der Waals surface area contributed by atoms with Crippen LogP contribution in [-0.2, 0) is 11.3 Å². The number of anilines is 1. The number of pyridine rings is 1. The predicted octanol–water partition coefficient (Wildman–Crippen LogP) is 3.89. The standard InChI is InChI=1S/C29H37ClN6O4/c1-5-40-27-23(16-21(30)18-31-27)26(38)32-19-29(3,4)17-24(37)33-25-20(2)35(15-14-34-12-9-13-34)36(28(25)39)22-10-7-6-8-11-22/h6-8,10-11,16,18H,5,9,12-15,17,19H2,1-4H3,(H,32,38)(H,33,37). The normalized spacial score (nSPS) is 13.5. The van der Waals surface area contributed by atoms with Crippen molar-refractivity contribution in [2.75, 3.05) is 38.1 Å². The van der Waals surface area contributed by atoms with E-state index in [9.17, 15) is 14.4 Å². The fraction of sp³-hybridized carbons (Fsp3) is 0.448. The summed E-state index contributed by atoms with van der Waals surface area (Å²) in [7, 11) is 0. The predicted molar refractivity (Wildman–Crippen MR) is 156 cm³/mol. The molecule has 0 aliphatic carbocycles. The number of amides is 2. The molecular formula is C29H37ClN6O4. The van der Waals surface area contributed by atoms with Crippen LogP contribution in [0.15, 0.2) is 47.4 Å². The molecule has 4 rings (SSSR count). The van der Waals surface area contributed by atoms with E-state index in [1.807, 2.05) is 55.8 Å². The number of benzene rings is 1. The molecule has 0 spiro atoms. The van der Waals surface area contributed by atoms with Gasteiger partial charge in [-0.2, -0.15) is 0 Å². The van der Waals surface area contributed by atoms with Crippen molar-refractivity contribution in [2.24, 2.45) is 5.41 Å². The minimum atomic E-state index is -0.607. The lowest BCUT2D eigenvalue weighted by molar-refractivity contribution is -0.118. The number of para-hydroxylation sites is 1. The Hall–Kier alpha value is -3.63. The van der Waals surface area contributed by atoms with Crippen molar-refractivity contribution in [3.63, 3.8) is 0 Å². The maximum atomic E-state index is 13.6. The molecular weight excluding hydrogens is 532 g/mol. The Bertz CT molecular complexity index is 1410. The van der Waals surface area contributed by atoms with Gasteiger partial charge in [-0.1, -0.05) is 43.6 Å². The van der Waals surface area contributed by atoms with Crippen LogP contribution in [0.1, 0.15) is 49.7 Å². The molecule has 1 saturated heterocycles. The van der Waals surface area contributed by atoms with Crippen LogP contribution in [0.3, 0.4) is 0 Å². The SMILES string of the molecule is CCOc1ncc(Cl)cc1C(=O)NCC(C)(C)CC(=O)Nc1c(C)n(CCN2CCC2)n(-c2ccccc2)c1=O. The van der Waals surface area contributed by atoms with Gasteiger partial charge in [-0.3, -0.25) is 19.1 Å². The average molecular weight is 569 g/mol. The van der Waals surface area contributed by atoms with Crippen LogP contribution >= 0.6 is 11.6 Å². The van der Waals surface area contributed by atoms with Gasteiger partial charge in [0, 0.05) is 25.7 Å². The van der Waals surface area contributed by atoms with Crippen LogP contribution < -0.4 is 20.9 Å². The highest BCUT2D eigenvalue weighted by molar-refractivity contribution is 6.30. The lowest BCUT2D eigenvalue weighted by Crippen LogP contribution is -2.40. The largest absolute Gasteiger partial charge is 0.477 e. The second-order valence-corrected chi connectivity index (χ2v) is 11.2. The highest BCUT2D eigenvalue weighted by atomic mass is 35.5. The van der Waals surface area contributed by atoms with Gasteiger partial charge >= 0.3 is 0 Å². The molecule has 1 aliphatic heterocycles. The molecule has 1 fully saturated rings. The molecule has 0 atom stereocenters. The topological polar surface area (TPSA) is 110 Å². The summed E-state index contributed by atoms with van der Waals surface area (Å²) in [6, 6.07) is 10.9. The van der Waals surface area contributed by atoms with E-state index in [-0.39, 0.29) is 41.6 Å². The molecule has 11 heteroatoms. The van der Waals surface area contributed by atoms with Gasteiger partial charge < -0.3 is 20.3 Å². The van der Waals surface area contributed by atoms with Crippen LogP contribution in [0, 0.1) is 12.3 Å². The number of nitrogens with zero attached hydrogens (tertiary/aromatic N) is 4. The Labute approximate surface area is 239 Å². The summed E-state index contributed by atoms with van der Waals surface area (Å²) in [5, 5.41) is 6.04. The van der Waals surface area contributed by atoms with Crippen LogP contribution in [0.25, 0.3) is 5.69 Å². The van der Waals surface area contributed by atoms with Crippen molar-refractivity contribution in [2.45, 2.75) is 47.1 Å². The third-order valence-electron chi connectivity index (χ3n) is 6.95. The summed E-state index contributed by atoms with van der Waals surface area (Å²) in [6.07, 6.45) is 2.70. The Kier molecular flexibility index (Phi) is 9.32. The average Bonchev–Trinajstić information content (AvgIpc) is 3.12. The number of aromatic nitrogens is 3. The molecule has 0 unspecified atom stereocenters. The maximum Gasteiger partial charge on any atom is 0.295 e. The van der Waals surface area contributed by atoms with Crippen LogP contribution in [-0.4, -0.2) is 63.8 Å². The first-order valence-corrected chi connectivity index (χ1v) is 13.9. The summed E-state index contributed by atoms with van der Waals surface area (Å²) in [5.41, 5.74) is 1.05. The van der Waals surface area contributed by atoms with E-state index in [1.54, 1.807) is 11.6 Å². The van der Waals surface area contributed by atoms with E-state index in [4.69, 9.17) is 16.3 Å². The van der Waals surface area contributed by atoms with E-state index in [2.05, 4.69) is 20.5 Å². The van der Waals surface area contributed by atoms with Gasteiger partial charge in [0.2, 0.25) is 11.8 Å². The second kappa shape index (κ2) is 12.7. The number of nitrogens with one attached hydrogen (secondary N) is 2. The summed E-state index contributed by atoms with van der Waals surface area (Å²) in [4.78, 5) is 46.0. The molecule has 3 aromatic rings. The number of likely N-dealkylation sites (tertiary alicyclic amines) is 1. The first-order valence-electron chi connectivity index (χ1n) is 13.6. The number of carbonyl (C=O) groups is 2. The van der Waals surface area contributed by atoms with Crippen molar-refractivity contribution in [1.82, 2.24) is 24.6 Å². The van der Waals surface area contributed by atoms with Gasteiger partial charge in [-0.15, -0.1) is 0 Å². The molecule has 2 aromatic heterocycles. The van der Waals surface area contributed by atoms with E-state index in [0.717, 1.165) is 25.3 Å². The molecule has 0 radical (unpaired) electrons. The Morgan fingerprint density at radius 2 is 1.88 bits per heavy atom. The zero-order valence-electron chi connectivity index (χ0n) is 23.5. The fourth-order valence-electron chi connectivity index (χ4n) is 4.66. The van der Waals surface area contributed by atoms with Crippen LogP contribution in [0.2, 0.25) is 5.02 Å². The quantitative estimate of drug-likeness (QED) is 0.343. The fourth-order valence-corrected chi connectivity index (χ4v) is 4.82. The zero-order valence-corrected chi connectivity index (χ0v) is 24.3. The minimum absolute atomic E-state index is 0.0859. The molecule has 0 bridgehead atoms. The van der Waals surface area contributed by atoms with Gasteiger partial charge in [0.25, 0.3) is 11.5 Å². The van der Waals surface area contributed by atoms with Gasteiger partial charge in [-0.05, 0) is 57.0 Å². The van der Waals surface area contributed by atoms with E-state index in [0.29, 0.717) is 23.9 Å². The second-order valence-electron chi connectivity index (χ2n) is 10.7. The van der Waals surface area contributed by atoms with Crippen molar-refractivity contribution in [3.05, 3.63) is 69.2 Å². The van der Waals surface area contributed by atoms with Crippen molar-refractivity contribution in [3.8, 4) is 11.6 Å². The van der Waals surface area contributed by atoms with Gasteiger partial charge in [0.05, 0.1) is 29.6 Å². The first kappa shape index (κ1) is 29.4. The summed E-state index contributed by atoms with van der Waals surface area (Å²) in [6.45, 7) is 11.6. The highest BCUT2D eigenvalue weighted by Gasteiger charge is 2.27. The van der Waals surface area contributed by atoms with Crippen molar-refractivity contribution < 1.29 is 14.3 Å². The summed E-state index contributed by atoms with van der Waals surface area (Å²) in [5.74, 6) is -0.504. The van der Waals surface area contributed by atoms with Gasteiger partial charge in [-0.25, -0.2) is 9.67 Å². The molecule has 10 nitrogen and oxygen atoms in total. The number of hydrogen-bond donors (Lipinski definition) is 2. The van der Waals surface area contributed by atoms with Crippen molar-refractivity contribution in [1.29, 1.82) is 0 Å². The van der Waals surface area contributed by atoms with Crippen molar-refractivity contribution >= 4 is 29.1 Å². The highest BCUT2D eigenvalue weighted by Crippen LogP contribution is 2.24. The minimum Gasteiger partial charge on any atom is -0.477 e. The molecule has 1 aliphatic rings. The Morgan fingerprint density at radius 3 is 2.52 bits per heavy atom. The van der Waals surface area contributed by atoms with Crippen LogP contribution in [0.5, 0.6) is 5.88 Å². The van der Waals surface area contributed by atoms with Gasteiger partial charge in [0.15, 0.2) is 0 Å². The number of rotatable bonds is 12. The lowest BCUT2D eigenvalue weighted by atomic mass is 9.88. The Morgan fingerprint density at radius 1 is 1.15 bits per heavy atom. The van der Waals surface area contributed by atoms with E-state index < -0.39 is 11.3 Å². The summed E-state index contributed by atoms with van der Waals surface area (Å²) < 4.78 is 9.02. The molecule has 0 saturated carbocycles. The van der Waals surface area contributed by atoms with Gasteiger partial charge in [0.1, 0.15) is 11.3 Å². The monoisotopic (exact) mass is 568 g/mol.